The Morgan fingerprint density at radius 1 is 1.42 bits per heavy atom. The summed E-state index contributed by atoms with van der Waals surface area (Å²) in [6.07, 6.45) is 1.72. The van der Waals surface area contributed by atoms with Gasteiger partial charge in [0.25, 0.3) is 5.91 Å². The maximum Gasteiger partial charge on any atom is 0.274 e. The van der Waals surface area contributed by atoms with Crippen molar-refractivity contribution < 1.29 is 9.59 Å². The first-order chi connectivity index (χ1) is 8.88. The van der Waals surface area contributed by atoms with Gasteiger partial charge in [0.1, 0.15) is 5.69 Å². The fourth-order valence-corrected chi connectivity index (χ4v) is 1.87. The van der Waals surface area contributed by atoms with Gasteiger partial charge < -0.3 is 16.4 Å². The summed E-state index contributed by atoms with van der Waals surface area (Å²) in [5, 5.41) is 4.10. The van der Waals surface area contributed by atoms with Crippen molar-refractivity contribution in [3.63, 3.8) is 0 Å². The van der Waals surface area contributed by atoms with Gasteiger partial charge in [-0.2, -0.15) is 5.10 Å². The zero-order chi connectivity index (χ0) is 14.6. The maximum absolute atomic E-state index is 12.4. The molecule has 0 bridgehead atoms. The van der Waals surface area contributed by atoms with Crippen LogP contribution in [0.4, 0.5) is 5.69 Å². The third kappa shape index (κ3) is 3.46. The summed E-state index contributed by atoms with van der Waals surface area (Å²) in [5.74, 6) is -0.852. The van der Waals surface area contributed by atoms with Gasteiger partial charge in [-0.3, -0.25) is 14.3 Å². The third-order valence-corrected chi connectivity index (χ3v) is 2.89. The summed E-state index contributed by atoms with van der Waals surface area (Å²) >= 11 is 0. The standard InChI is InChI=1S/C12H21N5O2/c1-4-5-6-17(7-9(13)18)12(19)11-10(14)8(2)15-16(11)3/h4-7,14H2,1-3H3,(H2,13,18). The van der Waals surface area contributed by atoms with E-state index in [1.165, 1.54) is 9.58 Å². The Kier molecular flexibility index (Phi) is 4.91. The van der Waals surface area contributed by atoms with E-state index in [1.807, 2.05) is 6.92 Å². The molecule has 0 atom stereocenters. The van der Waals surface area contributed by atoms with Crippen molar-refractivity contribution in [2.75, 3.05) is 18.8 Å². The summed E-state index contributed by atoms with van der Waals surface area (Å²) < 4.78 is 1.44. The highest BCUT2D eigenvalue weighted by Gasteiger charge is 2.24. The lowest BCUT2D eigenvalue weighted by molar-refractivity contribution is -0.118. The van der Waals surface area contributed by atoms with Crippen molar-refractivity contribution in [2.45, 2.75) is 26.7 Å². The molecule has 106 valence electrons. The third-order valence-electron chi connectivity index (χ3n) is 2.89. The van der Waals surface area contributed by atoms with Gasteiger partial charge in [0.2, 0.25) is 5.91 Å². The summed E-state index contributed by atoms with van der Waals surface area (Å²) in [4.78, 5) is 24.9. The maximum atomic E-state index is 12.4. The molecule has 0 unspecified atom stereocenters. The van der Waals surface area contributed by atoms with Gasteiger partial charge in [0.15, 0.2) is 0 Å². The van der Waals surface area contributed by atoms with Crippen LogP contribution >= 0.6 is 0 Å². The molecule has 0 radical (unpaired) electrons. The number of carbonyl (C=O) groups excluding carboxylic acids is 2. The average molecular weight is 267 g/mol. The van der Waals surface area contributed by atoms with Crippen molar-refractivity contribution >= 4 is 17.5 Å². The zero-order valence-corrected chi connectivity index (χ0v) is 11.6. The number of carbonyl (C=O) groups is 2. The van der Waals surface area contributed by atoms with Gasteiger partial charge in [-0.25, -0.2) is 0 Å². The molecule has 0 saturated carbocycles. The molecule has 1 aromatic rings. The summed E-state index contributed by atoms with van der Waals surface area (Å²) in [6.45, 7) is 4.11. The number of nitrogen functional groups attached to an aromatic ring is 1. The fraction of sp³-hybridized carbons (Fsp3) is 0.583. The molecule has 0 spiro atoms. The molecule has 7 nitrogen and oxygen atoms in total. The van der Waals surface area contributed by atoms with Gasteiger partial charge in [-0.15, -0.1) is 0 Å². The van der Waals surface area contributed by atoms with E-state index >= 15 is 0 Å². The number of hydrogen-bond acceptors (Lipinski definition) is 4. The molecule has 0 saturated heterocycles. The summed E-state index contributed by atoms with van der Waals surface area (Å²) in [6, 6.07) is 0. The molecule has 0 aliphatic carbocycles. The largest absolute Gasteiger partial charge is 0.395 e. The van der Waals surface area contributed by atoms with Crippen LogP contribution in [0.2, 0.25) is 0 Å². The van der Waals surface area contributed by atoms with Gasteiger partial charge in [-0.1, -0.05) is 13.3 Å². The number of nitrogens with zero attached hydrogens (tertiary/aromatic N) is 3. The number of nitrogens with two attached hydrogens (primary N) is 2. The van der Waals surface area contributed by atoms with Crippen molar-refractivity contribution in [3.05, 3.63) is 11.4 Å². The molecule has 1 rings (SSSR count). The second kappa shape index (κ2) is 6.21. The van der Waals surface area contributed by atoms with E-state index in [2.05, 4.69) is 5.10 Å². The fourth-order valence-electron chi connectivity index (χ4n) is 1.87. The lowest BCUT2D eigenvalue weighted by atomic mass is 10.2. The Morgan fingerprint density at radius 3 is 2.47 bits per heavy atom. The minimum absolute atomic E-state index is 0.109. The Morgan fingerprint density at radius 2 is 2.05 bits per heavy atom. The molecule has 0 aliphatic heterocycles. The van der Waals surface area contributed by atoms with Crippen molar-refractivity contribution in [1.82, 2.24) is 14.7 Å². The molecule has 2 amide bonds. The number of aryl methyl sites for hydroxylation is 2. The molecule has 0 aromatic carbocycles. The van der Waals surface area contributed by atoms with Crippen LogP contribution in [-0.2, 0) is 11.8 Å². The molecular formula is C12H21N5O2. The highest BCUT2D eigenvalue weighted by molar-refractivity contribution is 5.99. The Labute approximate surface area is 112 Å². The lowest BCUT2D eigenvalue weighted by Gasteiger charge is -2.21. The van der Waals surface area contributed by atoms with Gasteiger partial charge in [0.05, 0.1) is 17.9 Å². The van der Waals surface area contributed by atoms with Gasteiger partial charge in [-0.05, 0) is 13.3 Å². The molecule has 0 aliphatic rings. The van der Waals surface area contributed by atoms with Crippen LogP contribution < -0.4 is 11.5 Å². The quantitative estimate of drug-likeness (QED) is 0.758. The second-order valence-corrected chi connectivity index (χ2v) is 4.52. The van der Waals surface area contributed by atoms with Crippen LogP contribution in [0.15, 0.2) is 0 Å². The van der Waals surface area contributed by atoms with Gasteiger partial charge >= 0.3 is 0 Å². The van der Waals surface area contributed by atoms with E-state index < -0.39 is 5.91 Å². The number of aromatic nitrogens is 2. The minimum atomic E-state index is -0.540. The molecule has 19 heavy (non-hydrogen) atoms. The van der Waals surface area contributed by atoms with E-state index in [0.717, 1.165) is 12.8 Å². The van der Waals surface area contributed by atoms with E-state index in [1.54, 1.807) is 14.0 Å². The molecule has 1 aromatic heterocycles. The molecule has 1 heterocycles. The number of amides is 2. The molecular weight excluding hydrogens is 246 g/mol. The molecule has 7 heteroatoms. The number of rotatable bonds is 6. The zero-order valence-electron chi connectivity index (χ0n) is 11.6. The number of unbranched alkanes of at least 4 members (excludes halogenated alkanes) is 1. The Hall–Kier alpha value is -2.05. The van der Waals surface area contributed by atoms with Crippen LogP contribution in [0.1, 0.15) is 35.9 Å². The highest BCUT2D eigenvalue weighted by atomic mass is 16.2. The van der Waals surface area contributed by atoms with E-state index in [9.17, 15) is 9.59 Å². The van der Waals surface area contributed by atoms with Crippen LogP contribution in [0.5, 0.6) is 0 Å². The smallest absolute Gasteiger partial charge is 0.274 e. The predicted octanol–water partition coefficient (Wildman–Crippen LogP) is 0.0383. The number of primary amides is 1. The van der Waals surface area contributed by atoms with Crippen LogP contribution in [0.3, 0.4) is 0 Å². The SMILES string of the molecule is CCCCN(CC(N)=O)C(=O)c1c(N)c(C)nn1C. The normalized spacial score (nSPS) is 10.5. The van der Waals surface area contributed by atoms with Crippen LogP contribution in [0.25, 0.3) is 0 Å². The van der Waals surface area contributed by atoms with E-state index in [0.29, 0.717) is 23.6 Å². The lowest BCUT2D eigenvalue weighted by Crippen LogP contribution is -2.40. The van der Waals surface area contributed by atoms with Crippen LogP contribution in [-0.4, -0.2) is 39.6 Å². The van der Waals surface area contributed by atoms with Crippen molar-refractivity contribution in [3.8, 4) is 0 Å². The summed E-state index contributed by atoms with van der Waals surface area (Å²) in [7, 11) is 1.65. The van der Waals surface area contributed by atoms with Crippen molar-refractivity contribution in [2.24, 2.45) is 12.8 Å². The van der Waals surface area contributed by atoms with Gasteiger partial charge in [0, 0.05) is 13.6 Å². The first kappa shape index (κ1) is 15.0. The first-order valence-corrected chi connectivity index (χ1v) is 6.25. The molecule has 0 fully saturated rings. The van der Waals surface area contributed by atoms with E-state index in [4.69, 9.17) is 11.5 Å². The first-order valence-electron chi connectivity index (χ1n) is 6.25. The summed E-state index contributed by atoms with van der Waals surface area (Å²) in [5.41, 5.74) is 12.3. The minimum Gasteiger partial charge on any atom is -0.395 e. The Balaban J connectivity index is 3.00. The van der Waals surface area contributed by atoms with E-state index in [-0.39, 0.29) is 12.5 Å². The highest BCUT2D eigenvalue weighted by Crippen LogP contribution is 2.17. The topological polar surface area (TPSA) is 107 Å². The monoisotopic (exact) mass is 267 g/mol. The Bertz CT molecular complexity index is 481. The molecule has 4 N–H and O–H groups in total. The average Bonchev–Trinajstić information content (AvgIpc) is 2.57. The predicted molar refractivity (Wildman–Crippen MR) is 72.4 cm³/mol. The van der Waals surface area contributed by atoms with Crippen molar-refractivity contribution in [1.29, 1.82) is 0 Å². The number of anilines is 1. The number of hydrogen-bond donors (Lipinski definition) is 2. The van der Waals surface area contributed by atoms with Crippen LogP contribution in [0, 0.1) is 6.92 Å². The second-order valence-electron chi connectivity index (χ2n) is 4.52.